The first-order chi connectivity index (χ1) is 7.59. The van der Waals surface area contributed by atoms with E-state index in [9.17, 15) is 0 Å². The van der Waals surface area contributed by atoms with Crippen LogP contribution in [0.15, 0.2) is 0 Å². The van der Waals surface area contributed by atoms with E-state index in [1.165, 1.54) is 26.1 Å². The van der Waals surface area contributed by atoms with Gasteiger partial charge < -0.3 is 10.6 Å². The van der Waals surface area contributed by atoms with Crippen LogP contribution in [-0.4, -0.2) is 54.9 Å². The molecule has 4 nitrogen and oxygen atoms in total. The van der Waals surface area contributed by atoms with E-state index >= 15 is 0 Å². The van der Waals surface area contributed by atoms with Crippen molar-refractivity contribution in [2.75, 3.05) is 33.2 Å². The van der Waals surface area contributed by atoms with Gasteiger partial charge in [-0.05, 0) is 52.9 Å². The van der Waals surface area contributed by atoms with E-state index in [2.05, 4.69) is 23.8 Å². The zero-order chi connectivity index (χ0) is 12.0. The Morgan fingerprint density at radius 3 is 2.81 bits per heavy atom. The fraction of sp³-hybridized carbons (Fsp3) is 0.917. The van der Waals surface area contributed by atoms with Crippen LogP contribution in [-0.2, 0) is 0 Å². The summed E-state index contributed by atoms with van der Waals surface area (Å²) >= 11 is 0. The van der Waals surface area contributed by atoms with Gasteiger partial charge in [0.2, 0.25) is 0 Å². The lowest BCUT2D eigenvalue weighted by Gasteiger charge is -2.27. The van der Waals surface area contributed by atoms with E-state index in [-0.39, 0.29) is 0 Å². The van der Waals surface area contributed by atoms with Crippen molar-refractivity contribution >= 4 is 5.84 Å². The highest BCUT2D eigenvalue weighted by molar-refractivity contribution is 5.76. The standard InChI is InChI=1S/C12H26N4/c1-11-10-15(2)7-5-9-16(11)8-4-3-6-12(13)14/h11H,3-10H2,1-2H3,(H3,13,14). The lowest BCUT2D eigenvalue weighted by molar-refractivity contribution is 0.199. The molecule has 0 bridgehead atoms. The Morgan fingerprint density at radius 1 is 1.38 bits per heavy atom. The summed E-state index contributed by atoms with van der Waals surface area (Å²) in [5.41, 5.74) is 5.35. The monoisotopic (exact) mass is 226 g/mol. The van der Waals surface area contributed by atoms with Gasteiger partial charge in [-0.3, -0.25) is 10.3 Å². The molecular weight excluding hydrogens is 200 g/mol. The van der Waals surface area contributed by atoms with E-state index in [4.69, 9.17) is 11.1 Å². The van der Waals surface area contributed by atoms with Crippen LogP contribution in [0.4, 0.5) is 0 Å². The first-order valence-electron chi connectivity index (χ1n) is 6.35. The number of amidine groups is 1. The van der Waals surface area contributed by atoms with Gasteiger partial charge in [-0.15, -0.1) is 0 Å². The first kappa shape index (κ1) is 13.5. The van der Waals surface area contributed by atoms with Crippen LogP contribution in [0, 0.1) is 5.41 Å². The molecule has 0 radical (unpaired) electrons. The van der Waals surface area contributed by atoms with Crippen LogP contribution >= 0.6 is 0 Å². The molecule has 0 aromatic rings. The predicted octanol–water partition coefficient (Wildman–Crippen LogP) is 1.12. The summed E-state index contributed by atoms with van der Waals surface area (Å²) in [6.45, 7) is 7.07. The summed E-state index contributed by atoms with van der Waals surface area (Å²) in [6.07, 6.45) is 4.23. The molecule has 4 heteroatoms. The number of unbranched alkanes of at least 4 members (excludes halogenated alkanes) is 1. The van der Waals surface area contributed by atoms with Gasteiger partial charge in [-0.2, -0.15) is 0 Å². The molecule has 3 N–H and O–H groups in total. The van der Waals surface area contributed by atoms with Gasteiger partial charge in [-0.1, -0.05) is 0 Å². The van der Waals surface area contributed by atoms with Crippen molar-refractivity contribution in [3.63, 3.8) is 0 Å². The Hall–Kier alpha value is -0.610. The quantitative estimate of drug-likeness (QED) is 0.419. The highest BCUT2D eigenvalue weighted by Gasteiger charge is 2.18. The van der Waals surface area contributed by atoms with Crippen LogP contribution in [0.5, 0.6) is 0 Å². The van der Waals surface area contributed by atoms with Crippen molar-refractivity contribution in [1.82, 2.24) is 9.80 Å². The van der Waals surface area contributed by atoms with Crippen LogP contribution in [0.2, 0.25) is 0 Å². The number of hydrogen-bond acceptors (Lipinski definition) is 3. The average molecular weight is 226 g/mol. The molecule has 0 aromatic heterocycles. The molecule has 1 aliphatic rings. The second-order valence-corrected chi connectivity index (χ2v) is 4.98. The van der Waals surface area contributed by atoms with E-state index in [0.29, 0.717) is 11.9 Å². The predicted molar refractivity (Wildman–Crippen MR) is 68.9 cm³/mol. The Balaban J connectivity index is 2.21. The van der Waals surface area contributed by atoms with Crippen molar-refractivity contribution in [2.45, 2.75) is 38.6 Å². The largest absolute Gasteiger partial charge is 0.388 e. The highest BCUT2D eigenvalue weighted by atomic mass is 15.2. The third-order valence-corrected chi connectivity index (χ3v) is 3.33. The van der Waals surface area contributed by atoms with Crippen LogP contribution in [0.25, 0.3) is 0 Å². The van der Waals surface area contributed by atoms with Crippen molar-refractivity contribution in [3.8, 4) is 0 Å². The molecule has 1 fully saturated rings. The summed E-state index contributed by atoms with van der Waals surface area (Å²) in [4.78, 5) is 4.99. The molecule has 0 aromatic carbocycles. The molecule has 0 saturated carbocycles. The number of nitrogens with zero attached hydrogens (tertiary/aromatic N) is 2. The van der Waals surface area contributed by atoms with Gasteiger partial charge >= 0.3 is 0 Å². The maximum Gasteiger partial charge on any atom is 0.0905 e. The van der Waals surface area contributed by atoms with Gasteiger partial charge in [0.15, 0.2) is 0 Å². The molecule has 16 heavy (non-hydrogen) atoms. The SMILES string of the molecule is CC1CN(C)CCCN1CCCCC(=N)N. The maximum absolute atomic E-state index is 7.18. The number of nitrogens with one attached hydrogen (secondary N) is 1. The minimum absolute atomic E-state index is 0.323. The minimum Gasteiger partial charge on any atom is -0.388 e. The first-order valence-corrected chi connectivity index (χ1v) is 6.35. The second-order valence-electron chi connectivity index (χ2n) is 4.98. The van der Waals surface area contributed by atoms with E-state index in [1.54, 1.807) is 0 Å². The van der Waals surface area contributed by atoms with Crippen LogP contribution in [0.3, 0.4) is 0 Å². The van der Waals surface area contributed by atoms with Crippen molar-refractivity contribution in [1.29, 1.82) is 5.41 Å². The average Bonchev–Trinajstić information content (AvgIpc) is 2.35. The summed E-state index contributed by atoms with van der Waals surface area (Å²) in [5, 5.41) is 7.18. The lowest BCUT2D eigenvalue weighted by atomic mass is 10.2. The van der Waals surface area contributed by atoms with Gasteiger partial charge in [0, 0.05) is 19.0 Å². The van der Waals surface area contributed by atoms with Gasteiger partial charge in [0.05, 0.1) is 5.84 Å². The van der Waals surface area contributed by atoms with Crippen molar-refractivity contribution in [2.24, 2.45) is 5.73 Å². The van der Waals surface area contributed by atoms with Crippen LogP contribution in [0.1, 0.15) is 32.6 Å². The minimum atomic E-state index is 0.323. The third kappa shape index (κ3) is 4.94. The van der Waals surface area contributed by atoms with Crippen molar-refractivity contribution in [3.05, 3.63) is 0 Å². The molecule has 0 spiro atoms. The molecular formula is C12H26N4. The fourth-order valence-electron chi connectivity index (χ4n) is 2.38. The molecule has 1 saturated heterocycles. The van der Waals surface area contributed by atoms with Gasteiger partial charge in [0.1, 0.15) is 0 Å². The molecule has 0 aliphatic carbocycles. The molecule has 94 valence electrons. The number of nitrogens with two attached hydrogens (primary N) is 1. The molecule has 1 heterocycles. The molecule has 1 aliphatic heterocycles. The summed E-state index contributed by atoms with van der Waals surface area (Å²) in [6, 6.07) is 0.657. The molecule has 1 rings (SSSR count). The molecule has 1 unspecified atom stereocenters. The summed E-state index contributed by atoms with van der Waals surface area (Å²) in [5.74, 6) is 0.323. The smallest absolute Gasteiger partial charge is 0.0905 e. The fourth-order valence-corrected chi connectivity index (χ4v) is 2.38. The van der Waals surface area contributed by atoms with Crippen LogP contribution < -0.4 is 5.73 Å². The normalized spacial score (nSPS) is 24.2. The van der Waals surface area contributed by atoms with E-state index < -0.39 is 0 Å². The summed E-state index contributed by atoms with van der Waals surface area (Å²) in [7, 11) is 2.20. The zero-order valence-electron chi connectivity index (χ0n) is 10.7. The van der Waals surface area contributed by atoms with Gasteiger partial charge in [0.25, 0.3) is 0 Å². The third-order valence-electron chi connectivity index (χ3n) is 3.33. The lowest BCUT2D eigenvalue weighted by Crippen LogP contribution is -2.38. The van der Waals surface area contributed by atoms with E-state index in [0.717, 1.165) is 25.8 Å². The zero-order valence-corrected chi connectivity index (χ0v) is 10.7. The summed E-state index contributed by atoms with van der Waals surface area (Å²) < 4.78 is 0. The van der Waals surface area contributed by atoms with E-state index in [1.807, 2.05) is 0 Å². The molecule has 1 atom stereocenters. The van der Waals surface area contributed by atoms with Crippen molar-refractivity contribution < 1.29 is 0 Å². The number of rotatable bonds is 5. The van der Waals surface area contributed by atoms with Gasteiger partial charge in [-0.25, -0.2) is 0 Å². The topological polar surface area (TPSA) is 56.4 Å². The Kier molecular flexibility index (Phi) is 5.77. The number of likely N-dealkylation sites (N-methyl/N-ethyl adjacent to an activating group) is 1. The Morgan fingerprint density at radius 2 is 2.12 bits per heavy atom. The number of hydrogen-bond donors (Lipinski definition) is 2. The highest BCUT2D eigenvalue weighted by Crippen LogP contribution is 2.10. The maximum atomic E-state index is 7.18. The molecule has 0 amide bonds. The Bertz CT molecular complexity index is 217. The Labute approximate surface area is 99.3 Å². The second kappa shape index (κ2) is 6.86.